The minimum absolute atomic E-state index is 0.105. The fraction of sp³-hybridized carbons (Fsp3) is 0.667. The minimum Gasteiger partial charge on any atom is -0.391 e. The third-order valence-corrected chi connectivity index (χ3v) is 5.69. The molecule has 1 aliphatic rings. The van der Waals surface area contributed by atoms with Gasteiger partial charge in [0.2, 0.25) is 10.0 Å². The van der Waals surface area contributed by atoms with Crippen LogP contribution in [0.3, 0.4) is 0 Å². The second-order valence-electron chi connectivity index (χ2n) is 5.33. The van der Waals surface area contributed by atoms with Gasteiger partial charge in [-0.05, 0) is 32.8 Å². The Kier molecular flexibility index (Phi) is 4.32. The second kappa shape index (κ2) is 5.49. The Morgan fingerprint density at radius 1 is 1.58 bits per heavy atom. The van der Waals surface area contributed by atoms with Gasteiger partial charge < -0.3 is 9.84 Å². The number of hydrogen-bond donors (Lipinski definition) is 2. The molecule has 0 bridgehead atoms. The Bertz CT molecular complexity index is 536. The van der Waals surface area contributed by atoms with Crippen molar-refractivity contribution in [1.82, 2.24) is 4.72 Å². The van der Waals surface area contributed by atoms with E-state index in [9.17, 15) is 8.42 Å². The summed E-state index contributed by atoms with van der Waals surface area (Å²) in [7, 11) is -3.51. The summed E-state index contributed by atoms with van der Waals surface area (Å²) in [5.41, 5.74) is -0.295. The molecule has 1 unspecified atom stereocenters. The fourth-order valence-electron chi connectivity index (χ4n) is 2.20. The van der Waals surface area contributed by atoms with E-state index in [2.05, 4.69) is 4.72 Å². The van der Waals surface area contributed by atoms with Crippen LogP contribution in [0, 0.1) is 0 Å². The van der Waals surface area contributed by atoms with Gasteiger partial charge in [0.15, 0.2) is 0 Å². The van der Waals surface area contributed by atoms with E-state index < -0.39 is 10.0 Å². The van der Waals surface area contributed by atoms with E-state index in [4.69, 9.17) is 9.84 Å². The first-order valence-corrected chi connectivity index (χ1v) is 8.53. The number of hydrogen-bond acceptors (Lipinski definition) is 5. The molecule has 2 N–H and O–H groups in total. The molecular weight excluding hydrogens is 286 g/mol. The van der Waals surface area contributed by atoms with E-state index in [1.54, 1.807) is 5.38 Å². The lowest BCUT2D eigenvalue weighted by Gasteiger charge is -2.35. The minimum atomic E-state index is -3.51. The topological polar surface area (TPSA) is 75.6 Å². The maximum absolute atomic E-state index is 12.2. The second-order valence-corrected chi connectivity index (χ2v) is 8.04. The van der Waals surface area contributed by atoms with Crippen LogP contribution >= 0.6 is 11.3 Å². The van der Waals surface area contributed by atoms with Crippen LogP contribution in [0.4, 0.5) is 0 Å². The molecule has 7 heteroatoms. The van der Waals surface area contributed by atoms with Crippen LogP contribution in [0.5, 0.6) is 0 Å². The molecule has 2 rings (SSSR count). The molecular formula is C12H19NO4S2. The van der Waals surface area contributed by atoms with Crippen LogP contribution in [0.1, 0.15) is 31.6 Å². The summed E-state index contributed by atoms with van der Waals surface area (Å²) in [6.07, 6.45) is 1.34. The normalized spacial score (nSPS) is 23.4. The maximum Gasteiger partial charge on any atom is 0.241 e. The van der Waals surface area contributed by atoms with Gasteiger partial charge >= 0.3 is 0 Å². The number of rotatable bonds is 4. The Hall–Kier alpha value is -0.470. The molecule has 0 aromatic carbocycles. The van der Waals surface area contributed by atoms with Gasteiger partial charge in [-0.3, -0.25) is 0 Å². The predicted molar refractivity (Wildman–Crippen MR) is 73.6 cm³/mol. The molecule has 0 spiro atoms. The molecule has 1 aliphatic heterocycles. The molecule has 0 radical (unpaired) electrons. The van der Waals surface area contributed by atoms with Gasteiger partial charge in [0.1, 0.15) is 0 Å². The van der Waals surface area contributed by atoms with Gasteiger partial charge in [-0.25, -0.2) is 13.1 Å². The number of ether oxygens (including phenoxy) is 1. The van der Waals surface area contributed by atoms with Crippen molar-refractivity contribution in [3.63, 3.8) is 0 Å². The van der Waals surface area contributed by atoms with Crippen molar-refractivity contribution in [2.75, 3.05) is 6.61 Å². The largest absolute Gasteiger partial charge is 0.391 e. The quantitative estimate of drug-likeness (QED) is 0.883. The number of aliphatic hydroxyl groups excluding tert-OH is 1. The number of nitrogens with one attached hydrogen (secondary N) is 1. The Morgan fingerprint density at radius 2 is 2.32 bits per heavy atom. The lowest BCUT2D eigenvalue weighted by Crippen LogP contribution is -2.45. The summed E-state index contributed by atoms with van der Waals surface area (Å²) < 4.78 is 32.7. The molecule has 1 aromatic heterocycles. The van der Waals surface area contributed by atoms with Crippen LogP contribution in [-0.4, -0.2) is 31.8 Å². The highest BCUT2D eigenvalue weighted by molar-refractivity contribution is 7.89. The first-order valence-electron chi connectivity index (χ1n) is 6.17. The molecule has 108 valence electrons. The highest BCUT2D eigenvalue weighted by Crippen LogP contribution is 2.26. The van der Waals surface area contributed by atoms with Crippen molar-refractivity contribution in [3.8, 4) is 0 Å². The van der Waals surface area contributed by atoms with Crippen molar-refractivity contribution in [2.24, 2.45) is 0 Å². The SMILES string of the molecule is CC1(C)CC(NS(=O)(=O)c2csc(CO)c2)CCO1. The van der Waals surface area contributed by atoms with Crippen LogP contribution in [0.25, 0.3) is 0 Å². The molecule has 19 heavy (non-hydrogen) atoms. The third kappa shape index (κ3) is 3.76. The van der Waals surface area contributed by atoms with Crippen molar-refractivity contribution < 1.29 is 18.3 Å². The molecule has 1 aromatic rings. The molecule has 0 amide bonds. The average molecular weight is 305 g/mol. The highest BCUT2D eigenvalue weighted by atomic mass is 32.2. The summed E-state index contributed by atoms with van der Waals surface area (Å²) in [5, 5.41) is 10.5. The van der Waals surface area contributed by atoms with Crippen LogP contribution in [0.15, 0.2) is 16.3 Å². The van der Waals surface area contributed by atoms with E-state index in [1.165, 1.54) is 17.4 Å². The molecule has 1 fully saturated rings. The predicted octanol–water partition coefficient (Wildman–Crippen LogP) is 1.48. The van der Waals surface area contributed by atoms with Crippen LogP contribution < -0.4 is 4.72 Å². The average Bonchev–Trinajstić information content (AvgIpc) is 2.76. The van der Waals surface area contributed by atoms with Gasteiger partial charge in [-0.2, -0.15) is 0 Å². The first kappa shape index (κ1) is 14.9. The molecule has 0 saturated carbocycles. The van der Waals surface area contributed by atoms with Crippen LogP contribution in [-0.2, 0) is 21.4 Å². The summed E-state index contributed by atoms with van der Waals surface area (Å²) in [6, 6.07) is 1.41. The van der Waals surface area contributed by atoms with Crippen molar-refractivity contribution in [1.29, 1.82) is 0 Å². The summed E-state index contributed by atoms with van der Waals surface area (Å²) in [5.74, 6) is 0. The van der Waals surface area contributed by atoms with Gasteiger partial charge in [-0.15, -0.1) is 11.3 Å². The molecule has 1 saturated heterocycles. The van der Waals surface area contributed by atoms with E-state index in [-0.39, 0.29) is 23.1 Å². The lowest BCUT2D eigenvalue weighted by molar-refractivity contribution is -0.0599. The zero-order chi connectivity index (χ0) is 14.1. The summed E-state index contributed by atoms with van der Waals surface area (Å²) in [4.78, 5) is 0.874. The van der Waals surface area contributed by atoms with E-state index in [0.29, 0.717) is 24.3 Å². The zero-order valence-electron chi connectivity index (χ0n) is 11.0. The van der Waals surface area contributed by atoms with Crippen LogP contribution in [0.2, 0.25) is 0 Å². The number of sulfonamides is 1. The molecule has 5 nitrogen and oxygen atoms in total. The smallest absolute Gasteiger partial charge is 0.241 e. The Balaban J connectivity index is 2.09. The van der Waals surface area contributed by atoms with E-state index in [1.807, 2.05) is 13.8 Å². The van der Waals surface area contributed by atoms with Crippen molar-refractivity contribution >= 4 is 21.4 Å². The van der Waals surface area contributed by atoms with Gasteiger partial charge in [-0.1, -0.05) is 0 Å². The van der Waals surface area contributed by atoms with E-state index >= 15 is 0 Å². The fourth-order valence-corrected chi connectivity index (χ4v) is 4.61. The molecule has 0 aliphatic carbocycles. The summed E-state index contributed by atoms with van der Waals surface area (Å²) in [6.45, 7) is 4.35. The molecule has 2 heterocycles. The Labute approximate surface area is 117 Å². The number of thiophene rings is 1. The van der Waals surface area contributed by atoms with Crippen molar-refractivity contribution in [3.05, 3.63) is 16.3 Å². The first-order chi connectivity index (χ1) is 8.82. The van der Waals surface area contributed by atoms with Gasteiger partial charge in [0, 0.05) is 22.9 Å². The lowest BCUT2D eigenvalue weighted by atomic mass is 9.95. The van der Waals surface area contributed by atoms with Gasteiger partial charge in [0.25, 0.3) is 0 Å². The monoisotopic (exact) mass is 305 g/mol. The highest BCUT2D eigenvalue weighted by Gasteiger charge is 2.31. The van der Waals surface area contributed by atoms with Crippen molar-refractivity contribution in [2.45, 2.75) is 49.8 Å². The third-order valence-electron chi connectivity index (χ3n) is 3.11. The standard InChI is InChI=1S/C12H19NO4S2/c1-12(2)6-9(3-4-17-12)13-19(15,16)11-5-10(7-14)18-8-11/h5,8-9,13-14H,3-4,6-7H2,1-2H3. The zero-order valence-corrected chi connectivity index (χ0v) is 12.7. The molecule has 1 atom stereocenters. The summed E-state index contributed by atoms with van der Waals surface area (Å²) >= 11 is 1.24. The Morgan fingerprint density at radius 3 is 2.89 bits per heavy atom. The van der Waals surface area contributed by atoms with Gasteiger partial charge in [0.05, 0.1) is 17.1 Å². The number of aliphatic hydroxyl groups is 1. The van der Waals surface area contributed by atoms with E-state index in [0.717, 1.165) is 0 Å². The maximum atomic E-state index is 12.2.